The van der Waals surface area contributed by atoms with Gasteiger partial charge >= 0.3 is 6.03 Å². The number of fused-ring (bicyclic) bond motifs is 7. The second-order valence-corrected chi connectivity index (χ2v) is 8.99. The second-order valence-electron chi connectivity index (χ2n) is 8.99. The number of carbonyl (C=O) groups is 1. The smallest absolute Gasteiger partial charge is 0.318 e. The summed E-state index contributed by atoms with van der Waals surface area (Å²) in [5, 5.41) is 3.23. The Labute approximate surface area is 212 Å². The molecule has 10 heteroatoms. The predicted octanol–water partition coefficient (Wildman–Crippen LogP) is 4.25. The fourth-order valence-corrected chi connectivity index (χ4v) is 4.58. The van der Waals surface area contributed by atoms with Gasteiger partial charge in [0.1, 0.15) is 5.75 Å². The first-order chi connectivity index (χ1) is 17.5. The van der Waals surface area contributed by atoms with Crippen molar-refractivity contribution in [2.75, 3.05) is 34.0 Å². The summed E-state index contributed by atoms with van der Waals surface area (Å²) in [6.07, 6.45) is 11.7. The molecule has 4 bridgehead atoms. The van der Waals surface area contributed by atoms with E-state index in [4.69, 9.17) is 19.2 Å². The van der Waals surface area contributed by atoms with E-state index < -0.39 is 0 Å². The summed E-state index contributed by atoms with van der Waals surface area (Å²) in [7, 11) is 3.29. The highest BCUT2D eigenvalue weighted by molar-refractivity contribution is 5.75. The number of methoxy groups -OCH3 is 2. The van der Waals surface area contributed by atoms with Crippen molar-refractivity contribution >= 4 is 11.7 Å². The molecule has 36 heavy (non-hydrogen) atoms. The molecule has 0 spiro atoms. The number of hydrogen-bond acceptors (Lipinski definition) is 7. The number of aromatic nitrogens is 4. The van der Waals surface area contributed by atoms with Crippen LogP contribution in [0.15, 0.2) is 30.9 Å². The van der Waals surface area contributed by atoms with Gasteiger partial charge in [-0.2, -0.15) is 0 Å². The molecule has 1 aliphatic rings. The van der Waals surface area contributed by atoms with Crippen LogP contribution >= 0.6 is 0 Å². The molecule has 3 aromatic rings. The van der Waals surface area contributed by atoms with Gasteiger partial charge in [-0.25, -0.2) is 14.8 Å². The summed E-state index contributed by atoms with van der Waals surface area (Å²) in [6.45, 7) is 5.64. The van der Waals surface area contributed by atoms with Crippen LogP contribution in [0.25, 0.3) is 16.9 Å². The normalized spacial score (nSPS) is 19.4. The van der Waals surface area contributed by atoms with Crippen LogP contribution in [0.3, 0.4) is 0 Å². The molecule has 1 N–H and O–H groups in total. The fraction of sp³-hybridized carbons (Fsp3) is 0.538. The first-order valence-electron chi connectivity index (χ1n) is 12.6. The minimum atomic E-state index is -0.258. The van der Waals surface area contributed by atoms with E-state index in [1.165, 1.54) is 0 Å². The summed E-state index contributed by atoms with van der Waals surface area (Å²) >= 11 is 0. The van der Waals surface area contributed by atoms with Crippen LogP contribution in [0.1, 0.15) is 57.7 Å². The number of ether oxygens (including phenoxy) is 3. The Balaban J connectivity index is 1.75. The number of nitrogens with zero attached hydrogens (tertiary/aromatic N) is 5. The van der Waals surface area contributed by atoms with Gasteiger partial charge in [-0.1, -0.05) is 6.42 Å². The van der Waals surface area contributed by atoms with Crippen LogP contribution in [0.5, 0.6) is 11.6 Å². The van der Waals surface area contributed by atoms with Crippen molar-refractivity contribution in [3.05, 3.63) is 36.5 Å². The molecule has 0 aliphatic carbocycles. The molecule has 1 unspecified atom stereocenters. The first-order valence-corrected chi connectivity index (χ1v) is 12.6. The lowest BCUT2D eigenvalue weighted by atomic mass is 10.1. The van der Waals surface area contributed by atoms with E-state index in [1.807, 2.05) is 36.7 Å². The summed E-state index contributed by atoms with van der Waals surface area (Å²) in [6, 6.07) is 1.62. The summed E-state index contributed by atoms with van der Waals surface area (Å²) in [5.74, 6) is 1.08. The molecule has 0 fully saturated rings. The lowest BCUT2D eigenvalue weighted by Gasteiger charge is -2.30. The van der Waals surface area contributed by atoms with Crippen molar-refractivity contribution in [1.82, 2.24) is 29.6 Å². The molecule has 1 aliphatic heterocycles. The molecule has 3 aromatic heterocycles. The van der Waals surface area contributed by atoms with Gasteiger partial charge in [0.15, 0.2) is 0 Å². The minimum absolute atomic E-state index is 0.0379. The number of pyridine rings is 1. The highest BCUT2D eigenvalue weighted by Crippen LogP contribution is 2.33. The lowest BCUT2D eigenvalue weighted by Crippen LogP contribution is -2.46. The van der Waals surface area contributed by atoms with Gasteiger partial charge in [0, 0.05) is 50.5 Å². The van der Waals surface area contributed by atoms with E-state index in [2.05, 4.69) is 15.3 Å². The van der Waals surface area contributed by atoms with E-state index in [9.17, 15) is 4.79 Å². The highest BCUT2D eigenvalue weighted by atomic mass is 16.5. The molecule has 10 nitrogen and oxygen atoms in total. The molecule has 0 radical (unpaired) electrons. The van der Waals surface area contributed by atoms with Gasteiger partial charge in [0.2, 0.25) is 5.65 Å². The largest absolute Gasteiger partial charge is 0.494 e. The molecule has 0 aromatic carbocycles. The Morgan fingerprint density at radius 2 is 2.08 bits per heavy atom. The highest BCUT2D eigenvalue weighted by Gasteiger charge is 2.25. The lowest BCUT2D eigenvalue weighted by molar-refractivity contribution is 0.162. The summed E-state index contributed by atoms with van der Waals surface area (Å²) in [5.41, 5.74) is 2.87. The van der Waals surface area contributed by atoms with E-state index >= 15 is 0 Å². The molecule has 0 saturated carbocycles. The Morgan fingerprint density at radius 3 is 2.86 bits per heavy atom. The average molecular weight is 497 g/mol. The third kappa shape index (κ3) is 5.70. The Bertz CT molecular complexity index is 1170. The zero-order valence-electron chi connectivity index (χ0n) is 21.6. The van der Waals surface area contributed by atoms with Gasteiger partial charge in [-0.3, -0.25) is 4.98 Å². The molecular weight excluding hydrogens is 460 g/mol. The van der Waals surface area contributed by atoms with E-state index in [0.29, 0.717) is 42.7 Å². The molecular formula is C26H36N6O4. The summed E-state index contributed by atoms with van der Waals surface area (Å²) < 4.78 is 18.9. The van der Waals surface area contributed by atoms with Crippen LogP contribution in [-0.2, 0) is 4.74 Å². The number of hydrogen-bond donors (Lipinski definition) is 1. The minimum Gasteiger partial charge on any atom is -0.494 e. The van der Waals surface area contributed by atoms with Crippen molar-refractivity contribution in [2.45, 2.75) is 58.0 Å². The number of imidazole rings is 1. The van der Waals surface area contributed by atoms with Crippen molar-refractivity contribution in [1.29, 1.82) is 0 Å². The fourth-order valence-electron chi connectivity index (χ4n) is 4.58. The van der Waals surface area contributed by atoms with Crippen LogP contribution in [0.4, 0.5) is 4.79 Å². The van der Waals surface area contributed by atoms with Crippen molar-refractivity contribution < 1.29 is 19.0 Å². The predicted molar refractivity (Wildman–Crippen MR) is 136 cm³/mol. The number of amides is 2. The Kier molecular flexibility index (Phi) is 8.58. The third-order valence-corrected chi connectivity index (χ3v) is 6.66. The van der Waals surface area contributed by atoms with Crippen LogP contribution in [-0.4, -0.2) is 70.3 Å². The number of rotatable bonds is 5. The maximum Gasteiger partial charge on any atom is 0.318 e. The molecule has 194 valence electrons. The third-order valence-electron chi connectivity index (χ3n) is 6.66. The Hall–Kier alpha value is -3.40. The van der Waals surface area contributed by atoms with Gasteiger partial charge in [0.25, 0.3) is 5.88 Å². The van der Waals surface area contributed by atoms with Crippen LogP contribution < -0.4 is 14.8 Å². The first kappa shape index (κ1) is 25.7. The molecule has 4 rings (SSSR count). The number of urea groups is 1. The second kappa shape index (κ2) is 12.0. The van der Waals surface area contributed by atoms with E-state index in [0.717, 1.165) is 43.4 Å². The Morgan fingerprint density at radius 1 is 1.22 bits per heavy atom. The quantitative estimate of drug-likeness (QED) is 0.563. The van der Waals surface area contributed by atoms with Gasteiger partial charge in [-0.05, 0) is 45.6 Å². The van der Waals surface area contributed by atoms with Gasteiger partial charge in [-0.15, -0.1) is 0 Å². The van der Waals surface area contributed by atoms with E-state index in [1.54, 1.807) is 31.5 Å². The molecule has 2 atom stereocenters. The zero-order chi connectivity index (χ0) is 25.5. The average Bonchev–Trinajstić information content (AvgIpc) is 3.37. The van der Waals surface area contributed by atoms with E-state index in [-0.39, 0.29) is 18.1 Å². The monoisotopic (exact) mass is 496 g/mol. The van der Waals surface area contributed by atoms with Gasteiger partial charge in [0.05, 0.1) is 37.3 Å². The van der Waals surface area contributed by atoms with Crippen molar-refractivity contribution in [3.63, 3.8) is 0 Å². The van der Waals surface area contributed by atoms with Crippen LogP contribution in [0, 0.1) is 0 Å². The number of carbonyl (C=O) groups excluding carboxylic acids is 1. The SMILES string of the molecule is CCN1C(=O)NC(CCOC)CCCCCOc2nc(cn3ccnc23)-c2cc(ncc2OC)[C@H]1C. The summed E-state index contributed by atoms with van der Waals surface area (Å²) in [4.78, 5) is 29.0. The number of nitrogens with one attached hydrogen (secondary N) is 1. The van der Waals surface area contributed by atoms with Gasteiger partial charge < -0.3 is 28.8 Å². The van der Waals surface area contributed by atoms with Crippen molar-refractivity contribution in [3.8, 4) is 22.9 Å². The van der Waals surface area contributed by atoms with Crippen molar-refractivity contribution in [2.24, 2.45) is 0 Å². The maximum absolute atomic E-state index is 13.3. The topological polar surface area (TPSA) is 103 Å². The molecule has 2 amide bonds. The van der Waals surface area contributed by atoms with Crippen LogP contribution in [0.2, 0.25) is 0 Å². The standard InChI is InChI=1S/C26H36N6O4/c1-5-32-18(2)21-15-20(23(35-4)16-28-21)22-17-31-12-11-27-24(31)25(30-22)36-13-8-6-7-9-19(10-14-34-3)29-26(32)33/h11-12,15-19H,5-10,13-14H2,1-4H3,(H,29,33)/t18-,19?/m1/s1. The zero-order valence-corrected chi connectivity index (χ0v) is 21.6. The molecule has 0 saturated heterocycles. The molecule has 4 heterocycles. The maximum atomic E-state index is 13.3.